The van der Waals surface area contributed by atoms with E-state index >= 15 is 0 Å². The Hall–Kier alpha value is -1.14. The van der Waals surface area contributed by atoms with E-state index < -0.39 is 5.54 Å². The van der Waals surface area contributed by atoms with Crippen molar-refractivity contribution in [1.29, 1.82) is 0 Å². The Morgan fingerprint density at radius 2 is 2.14 bits per heavy atom. The molecule has 0 radical (unpaired) electrons. The first-order chi connectivity index (χ1) is 10.1. The molecule has 1 atom stereocenters. The predicted molar refractivity (Wildman–Crippen MR) is 77.6 cm³/mol. The number of aliphatic hydroxyl groups is 1. The van der Waals surface area contributed by atoms with Crippen LogP contribution in [-0.4, -0.2) is 60.8 Å². The zero-order valence-electron chi connectivity index (χ0n) is 12.8. The van der Waals surface area contributed by atoms with Crippen molar-refractivity contribution in [3.05, 3.63) is 0 Å². The van der Waals surface area contributed by atoms with E-state index in [9.17, 15) is 14.7 Å². The van der Waals surface area contributed by atoms with Crippen molar-refractivity contribution < 1.29 is 19.4 Å². The summed E-state index contributed by atoms with van der Waals surface area (Å²) in [4.78, 5) is 26.0. The third-order valence-corrected chi connectivity index (χ3v) is 4.65. The monoisotopic (exact) mass is 298 g/mol. The molecular weight excluding hydrogens is 272 g/mol. The van der Waals surface area contributed by atoms with Crippen molar-refractivity contribution >= 4 is 11.8 Å². The fourth-order valence-electron chi connectivity index (χ4n) is 3.28. The highest BCUT2D eigenvalue weighted by Gasteiger charge is 2.39. The van der Waals surface area contributed by atoms with Gasteiger partial charge < -0.3 is 20.1 Å². The normalized spacial score (nSPS) is 25.1. The van der Waals surface area contributed by atoms with Crippen molar-refractivity contribution in [2.45, 2.75) is 44.1 Å². The molecule has 0 spiro atoms. The third kappa shape index (κ3) is 3.95. The van der Waals surface area contributed by atoms with Crippen molar-refractivity contribution in [3.63, 3.8) is 0 Å². The minimum absolute atomic E-state index is 0.00823. The molecule has 0 aromatic carbocycles. The molecule has 2 N–H and O–H groups in total. The van der Waals surface area contributed by atoms with Crippen LogP contribution in [0.4, 0.5) is 0 Å². The van der Waals surface area contributed by atoms with Gasteiger partial charge in [-0.1, -0.05) is 19.3 Å². The first-order valence-corrected chi connectivity index (χ1v) is 7.80. The number of amides is 2. The molecule has 1 heterocycles. The molecule has 1 unspecified atom stereocenters. The van der Waals surface area contributed by atoms with E-state index in [1.807, 2.05) is 0 Å². The maximum Gasteiger partial charge on any atom is 0.225 e. The zero-order chi connectivity index (χ0) is 15.3. The average molecular weight is 298 g/mol. The van der Waals surface area contributed by atoms with Crippen LogP contribution in [0.5, 0.6) is 0 Å². The van der Waals surface area contributed by atoms with E-state index in [0.717, 1.165) is 32.1 Å². The Bertz CT molecular complexity index is 380. The third-order valence-electron chi connectivity index (χ3n) is 4.65. The minimum atomic E-state index is -0.474. The molecule has 120 valence electrons. The van der Waals surface area contributed by atoms with Gasteiger partial charge in [-0.25, -0.2) is 0 Å². The second-order valence-corrected chi connectivity index (χ2v) is 6.22. The average Bonchev–Trinajstić information content (AvgIpc) is 2.87. The lowest BCUT2D eigenvalue weighted by atomic mass is 9.82. The van der Waals surface area contributed by atoms with Crippen LogP contribution in [0.15, 0.2) is 0 Å². The van der Waals surface area contributed by atoms with E-state index in [-0.39, 0.29) is 30.8 Å². The van der Waals surface area contributed by atoms with Crippen molar-refractivity contribution in [1.82, 2.24) is 10.2 Å². The van der Waals surface area contributed by atoms with E-state index in [0.29, 0.717) is 19.7 Å². The smallest absolute Gasteiger partial charge is 0.225 e. The first kappa shape index (κ1) is 16.2. The summed E-state index contributed by atoms with van der Waals surface area (Å²) in [6.45, 7) is 1.45. The highest BCUT2D eigenvalue weighted by atomic mass is 16.5. The number of ether oxygens (including phenoxy) is 1. The number of carbonyl (C=O) groups is 2. The highest BCUT2D eigenvalue weighted by molar-refractivity contribution is 5.89. The molecule has 2 fully saturated rings. The van der Waals surface area contributed by atoms with E-state index in [2.05, 4.69) is 5.32 Å². The van der Waals surface area contributed by atoms with Gasteiger partial charge >= 0.3 is 0 Å². The lowest BCUT2D eigenvalue weighted by molar-refractivity contribution is -0.130. The number of likely N-dealkylation sites (tertiary alicyclic amines) is 1. The molecule has 21 heavy (non-hydrogen) atoms. The maximum atomic E-state index is 12.4. The van der Waals surface area contributed by atoms with Gasteiger partial charge in [-0.05, 0) is 12.8 Å². The molecule has 1 aliphatic heterocycles. The van der Waals surface area contributed by atoms with Crippen molar-refractivity contribution in [2.24, 2.45) is 5.92 Å². The number of carbonyl (C=O) groups excluding carboxylic acids is 2. The van der Waals surface area contributed by atoms with Crippen LogP contribution in [0.25, 0.3) is 0 Å². The molecule has 1 saturated heterocycles. The summed E-state index contributed by atoms with van der Waals surface area (Å²) in [7, 11) is 1.60. The number of hydrogen-bond donors (Lipinski definition) is 2. The van der Waals surface area contributed by atoms with Gasteiger partial charge in [-0.3, -0.25) is 9.59 Å². The maximum absolute atomic E-state index is 12.4. The van der Waals surface area contributed by atoms with Gasteiger partial charge in [-0.15, -0.1) is 0 Å². The van der Waals surface area contributed by atoms with Crippen molar-refractivity contribution in [3.8, 4) is 0 Å². The Morgan fingerprint density at radius 3 is 2.76 bits per heavy atom. The molecule has 2 amide bonds. The SMILES string of the molecule is COCCN1CC(C(=O)NC2(CO)CCCCC2)CC1=O. The molecule has 0 bridgehead atoms. The van der Waals surface area contributed by atoms with Gasteiger partial charge in [0.1, 0.15) is 0 Å². The number of methoxy groups -OCH3 is 1. The van der Waals surface area contributed by atoms with E-state index in [1.165, 1.54) is 0 Å². The standard InChI is InChI=1S/C15H26N2O4/c1-21-8-7-17-10-12(9-13(17)19)14(20)16-15(11-18)5-3-2-4-6-15/h12,18H,2-11H2,1H3,(H,16,20). The van der Waals surface area contributed by atoms with Crippen LogP contribution in [0.2, 0.25) is 0 Å². The summed E-state index contributed by atoms with van der Waals surface area (Å²) in [5.74, 6) is -0.396. The lowest BCUT2D eigenvalue weighted by Gasteiger charge is -2.37. The topological polar surface area (TPSA) is 78.9 Å². The number of rotatable bonds is 6. The van der Waals surface area contributed by atoms with Gasteiger partial charge in [0.15, 0.2) is 0 Å². The molecule has 1 saturated carbocycles. The van der Waals surface area contributed by atoms with Crippen LogP contribution in [0.3, 0.4) is 0 Å². The zero-order valence-corrected chi connectivity index (χ0v) is 12.8. The van der Waals surface area contributed by atoms with E-state index in [1.54, 1.807) is 12.0 Å². The number of nitrogens with one attached hydrogen (secondary N) is 1. The van der Waals surface area contributed by atoms with Gasteiger partial charge in [0.25, 0.3) is 0 Å². The summed E-state index contributed by atoms with van der Waals surface area (Å²) in [5, 5.41) is 12.7. The molecule has 2 aliphatic rings. The minimum Gasteiger partial charge on any atom is -0.394 e. The van der Waals surface area contributed by atoms with Gasteiger partial charge in [0.05, 0.1) is 24.7 Å². The van der Waals surface area contributed by atoms with Crippen LogP contribution in [-0.2, 0) is 14.3 Å². The molecule has 1 aliphatic carbocycles. The summed E-state index contributed by atoms with van der Waals surface area (Å²) >= 11 is 0. The van der Waals surface area contributed by atoms with Crippen LogP contribution >= 0.6 is 0 Å². The Kier molecular flexibility index (Phi) is 5.58. The van der Waals surface area contributed by atoms with Gasteiger partial charge in [-0.2, -0.15) is 0 Å². The molecular formula is C15H26N2O4. The molecule has 0 aromatic heterocycles. The van der Waals surface area contributed by atoms with Gasteiger partial charge in [0, 0.05) is 26.6 Å². The van der Waals surface area contributed by atoms with E-state index in [4.69, 9.17) is 4.74 Å². The summed E-state index contributed by atoms with van der Waals surface area (Å²) < 4.78 is 4.98. The Labute approximate surface area is 125 Å². The number of nitrogens with zero attached hydrogens (tertiary/aromatic N) is 1. The number of hydrogen-bond acceptors (Lipinski definition) is 4. The quantitative estimate of drug-likeness (QED) is 0.739. The fourth-order valence-corrected chi connectivity index (χ4v) is 3.28. The molecule has 0 aromatic rings. The molecule has 6 nitrogen and oxygen atoms in total. The first-order valence-electron chi connectivity index (χ1n) is 7.80. The Balaban J connectivity index is 1.90. The second-order valence-electron chi connectivity index (χ2n) is 6.22. The fraction of sp³-hybridized carbons (Fsp3) is 0.867. The van der Waals surface area contributed by atoms with Crippen molar-refractivity contribution in [2.75, 3.05) is 33.4 Å². The van der Waals surface area contributed by atoms with Gasteiger partial charge in [0.2, 0.25) is 11.8 Å². The number of aliphatic hydroxyl groups excluding tert-OH is 1. The molecule has 6 heteroatoms. The Morgan fingerprint density at radius 1 is 1.43 bits per heavy atom. The summed E-state index contributed by atoms with van der Waals surface area (Å²) in [6.07, 6.45) is 5.13. The largest absolute Gasteiger partial charge is 0.394 e. The summed E-state index contributed by atoms with van der Waals surface area (Å²) in [6, 6.07) is 0. The lowest BCUT2D eigenvalue weighted by Crippen LogP contribution is -2.54. The highest BCUT2D eigenvalue weighted by Crippen LogP contribution is 2.29. The second kappa shape index (κ2) is 7.22. The van der Waals surface area contributed by atoms with Crippen LogP contribution in [0.1, 0.15) is 38.5 Å². The summed E-state index contributed by atoms with van der Waals surface area (Å²) in [5.41, 5.74) is -0.474. The predicted octanol–water partition coefficient (Wildman–Crippen LogP) is 0.293. The molecule has 2 rings (SSSR count). The van der Waals surface area contributed by atoms with Crippen LogP contribution in [0, 0.1) is 5.92 Å². The van der Waals surface area contributed by atoms with Crippen LogP contribution < -0.4 is 5.32 Å².